The molecule has 3 aromatic carbocycles. The van der Waals surface area contributed by atoms with Gasteiger partial charge in [0.15, 0.2) is 6.10 Å². The molecule has 18 heteroatoms. The van der Waals surface area contributed by atoms with Gasteiger partial charge in [0.25, 0.3) is 21.6 Å². The minimum atomic E-state index is -4.61. The average Bonchev–Trinajstić information content (AvgIpc) is 3.93. The van der Waals surface area contributed by atoms with Crippen LogP contribution in [-0.4, -0.2) is 117 Å². The Labute approximate surface area is 402 Å². The van der Waals surface area contributed by atoms with Crippen LogP contribution >= 0.6 is 0 Å². The smallest absolute Gasteiger partial charge is 0.293 e. The zero-order chi connectivity index (χ0) is 47.7. The summed E-state index contributed by atoms with van der Waals surface area (Å²) in [6.07, 6.45) is 7.29. The van der Waals surface area contributed by atoms with Gasteiger partial charge in [-0.15, -0.1) is 0 Å². The normalized spacial score (nSPS) is 23.8. The number of nitro groups is 1. The number of nitrogens with one attached hydrogen (secondary N) is 3. The Morgan fingerprint density at radius 3 is 2.52 bits per heavy atom. The van der Waals surface area contributed by atoms with Crippen molar-refractivity contribution in [2.45, 2.75) is 94.0 Å². The van der Waals surface area contributed by atoms with E-state index in [0.717, 1.165) is 81.9 Å². The molecule has 5 aromatic rings. The van der Waals surface area contributed by atoms with Crippen LogP contribution in [0.1, 0.15) is 79.9 Å². The number of pyridine rings is 1. The number of aromatic nitrogens is 2. The lowest BCUT2D eigenvalue weighted by Crippen LogP contribution is -2.58. The van der Waals surface area contributed by atoms with Crippen LogP contribution in [-0.2, 0) is 24.2 Å². The number of ether oxygens (including phenoxy) is 4. The van der Waals surface area contributed by atoms with Crippen molar-refractivity contribution in [2.24, 2.45) is 11.3 Å². The number of hydrogen-bond acceptors (Lipinski definition) is 14. The standard InChI is InChI=1S/C51H60N8O9S/c1-32-6-4-5-7-38(32)44-30-66-23-20-57(44)36-27-51(28-36)15-18-56(19-16-51)35-8-10-39(41(25-35)58-43-24-34-12-17-52-47(34)54-49(43)68-46-45(58)31-67-50(46,2)3)48(60)55-69(63,64)37-9-11-40(42(26-37)59(61)62)53-29-33-13-21-65-22-14-33/h4-12,17,24-26,33,36,44-46,53H,13-16,18-23,27-31H2,1-3H3,(H,52,54)(H,55,60)/t44-,45+,46-/m0/s1. The first-order valence-corrected chi connectivity index (χ1v) is 25.8. The van der Waals surface area contributed by atoms with Crippen molar-refractivity contribution in [1.29, 1.82) is 0 Å². The maximum atomic E-state index is 14.7. The monoisotopic (exact) mass is 960 g/mol. The summed E-state index contributed by atoms with van der Waals surface area (Å²) < 4.78 is 55.0. The molecule has 1 aliphatic carbocycles. The van der Waals surface area contributed by atoms with Crippen LogP contribution in [0.3, 0.4) is 0 Å². The SMILES string of the molecule is Cc1ccccc1[C@@H]1COCCN1C1CC2(CCN(c3ccc(C(=O)NS(=O)(=O)c4ccc(NCC5CCOCC5)c([N+](=O)[O-])c4)c(N4c5cc6cc[nH]c6nc5O[C@H]5[C@H]4COC5(C)C)c3)CC2)C1. The number of anilines is 4. The predicted molar refractivity (Wildman–Crippen MR) is 261 cm³/mol. The first kappa shape index (κ1) is 45.6. The molecule has 1 spiro atoms. The van der Waals surface area contributed by atoms with Crippen molar-refractivity contribution < 1.29 is 37.1 Å². The van der Waals surface area contributed by atoms with Crippen LogP contribution < -0.4 is 24.6 Å². The number of morpholine rings is 1. The molecule has 1 saturated carbocycles. The van der Waals surface area contributed by atoms with E-state index < -0.39 is 49.2 Å². The molecule has 69 heavy (non-hydrogen) atoms. The van der Waals surface area contributed by atoms with E-state index in [1.54, 1.807) is 6.07 Å². The quantitative estimate of drug-likeness (QED) is 0.0864. The van der Waals surface area contributed by atoms with E-state index in [9.17, 15) is 23.3 Å². The minimum Gasteiger partial charge on any atom is -0.467 e. The summed E-state index contributed by atoms with van der Waals surface area (Å²) in [5, 5.41) is 16.3. The van der Waals surface area contributed by atoms with Crippen molar-refractivity contribution in [2.75, 3.05) is 74.3 Å². The second kappa shape index (κ2) is 17.9. The molecule has 6 aliphatic rings. The number of piperidine rings is 1. The Morgan fingerprint density at radius 2 is 1.74 bits per heavy atom. The van der Waals surface area contributed by atoms with Gasteiger partial charge >= 0.3 is 0 Å². The Balaban J connectivity index is 0.887. The van der Waals surface area contributed by atoms with E-state index in [0.29, 0.717) is 55.3 Å². The Bertz CT molecular complexity index is 2890. The fraction of sp³-hybridized carbons (Fsp3) is 0.490. The number of benzene rings is 3. The number of fused-ring (bicyclic) bond motifs is 3. The van der Waals surface area contributed by atoms with Gasteiger partial charge in [0.05, 0.1) is 53.0 Å². The minimum absolute atomic E-state index is 0.0982. The fourth-order valence-electron chi connectivity index (χ4n) is 11.8. The van der Waals surface area contributed by atoms with Crippen molar-refractivity contribution >= 4 is 55.4 Å². The topological polar surface area (TPSA) is 194 Å². The van der Waals surface area contributed by atoms with E-state index in [1.165, 1.54) is 23.3 Å². The summed E-state index contributed by atoms with van der Waals surface area (Å²) in [6.45, 7) is 12.1. The van der Waals surface area contributed by atoms with Gasteiger partial charge in [-0.1, -0.05) is 24.3 Å². The summed E-state index contributed by atoms with van der Waals surface area (Å²) in [5.74, 6) is -0.260. The molecule has 2 aromatic heterocycles. The van der Waals surface area contributed by atoms with E-state index in [4.69, 9.17) is 23.9 Å². The predicted octanol–water partition coefficient (Wildman–Crippen LogP) is 7.64. The van der Waals surface area contributed by atoms with Crippen LogP contribution in [0.2, 0.25) is 0 Å². The number of carbonyl (C=O) groups is 1. The zero-order valence-corrected chi connectivity index (χ0v) is 40.1. The molecule has 0 radical (unpaired) electrons. The number of nitrogens with zero attached hydrogens (tertiary/aromatic N) is 5. The molecule has 0 bridgehead atoms. The molecule has 364 valence electrons. The number of aromatic amines is 1. The molecular formula is C51H60N8O9S. The van der Waals surface area contributed by atoms with Crippen LogP contribution in [0.15, 0.2) is 83.9 Å². The van der Waals surface area contributed by atoms with Gasteiger partial charge in [0.2, 0.25) is 5.88 Å². The number of rotatable bonds is 11. The van der Waals surface area contributed by atoms with Crippen molar-refractivity contribution in [3.63, 3.8) is 0 Å². The summed E-state index contributed by atoms with van der Waals surface area (Å²) in [4.78, 5) is 41.1. The summed E-state index contributed by atoms with van der Waals surface area (Å²) >= 11 is 0. The molecule has 5 aliphatic heterocycles. The number of aryl methyl sites for hydroxylation is 1. The molecule has 3 N–H and O–H groups in total. The summed E-state index contributed by atoms with van der Waals surface area (Å²) in [7, 11) is -4.61. The first-order chi connectivity index (χ1) is 33.3. The molecule has 11 rings (SSSR count). The van der Waals surface area contributed by atoms with E-state index in [1.807, 2.05) is 49.2 Å². The number of carbonyl (C=O) groups excluding carboxylic acids is 1. The van der Waals surface area contributed by atoms with Crippen molar-refractivity contribution in [3.05, 3.63) is 106 Å². The Morgan fingerprint density at radius 1 is 0.942 bits per heavy atom. The maximum Gasteiger partial charge on any atom is 0.293 e. The Kier molecular flexibility index (Phi) is 11.8. The number of hydrogen-bond donors (Lipinski definition) is 3. The molecule has 4 saturated heterocycles. The lowest BCUT2D eigenvalue weighted by atomic mass is 9.59. The molecule has 1 amide bonds. The van der Waals surface area contributed by atoms with Gasteiger partial charge in [-0.3, -0.25) is 19.8 Å². The highest BCUT2D eigenvalue weighted by atomic mass is 32.2. The highest BCUT2D eigenvalue weighted by Crippen LogP contribution is 2.54. The van der Waals surface area contributed by atoms with E-state index in [2.05, 4.69) is 56.0 Å². The average molecular weight is 961 g/mol. The fourth-order valence-corrected chi connectivity index (χ4v) is 12.8. The Hall–Kier alpha value is -5.79. The van der Waals surface area contributed by atoms with Crippen LogP contribution in [0, 0.1) is 28.4 Å². The third-order valence-electron chi connectivity index (χ3n) is 15.8. The molecular weight excluding hydrogens is 901 g/mol. The van der Waals surface area contributed by atoms with E-state index in [-0.39, 0.29) is 35.2 Å². The second-order valence-electron chi connectivity index (χ2n) is 20.4. The van der Waals surface area contributed by atoms with Gasteiger partial charge in [-0.25, -0.2) is 13.1 Å². The highest BCUT2D eigenvalue weighted by molar-refractivity contribution is 7.90. The van der Waals surface area contributed by atoms with Gasteiger partial charge in [0, 0.05) is 68.8 Å². The van der Waals surface area contributed by atoms with Crippen LogP contribution in [0.25, 0.3) is 11.0 Å². The van der Waals surface area contributed by atoms with Gasteiger partial charge in [0.1, 0.15) is 22.6 Å². The van der Waals surface area contributed by atoms with E-state index >= 15 is 0 Å². The maximum absolute atomic E-state index is 14.7. The third-order valence-corrected chi connectivity index (χ3v) is 17.1. The lowest BCUT2D eigenvalue weighted by Gasteiger charge is -2.57. The number of amides is 1. The molecule has 0 unspecified atom stereocenters. The lowest BCUT2D eigenvalue weighted by molar-refractivity contribution is -0.384. The number of H-pyrrole nitrogens is 1. The van der Waals surface area contributed by atoms with Crippen LogP contribution in [0.4, 0.5) is 28.4 Å². The molecule has 5 fully saturated rings. The zero-order valence-electron chi connectivity index (χ0n) is 39.3. The number of nitro benzene ring substituents is 1. The second-order valence-corrected chi connectivity index (χ2v) is 22.0. The third kappa shape index (κ3) is 8.57. The molecule has 17 nitrogen and oxygen atoms in total. The van der Waals surface area contributed by atoms with Gasteiger partial charge in [-0.05, 0) is 124 Å². The largest absolute Gasteiger partial charge is 0.467 e. The van der Waals surface area contributed by atoms with Gasteiger partial charge < -0.3 is 39.0 Å². The van der Waals surface area contributed by atoms with Gasteiger partial charge in [-0.2, -0.15) is 4.98 Å². The van der Waals surface area contributed by atoms with Crippen LogP contribution in [0.5, 0.6) is 5.88 Å². The molecule has 3 atom stereocenters. The number of sulfonamides is 1. The highest BCUT2D eigenvalue weighted by Gasteiger charge is 2.53. The molecule has 7 heterocycles. The van der Waals surface area contributed by atoms with Crippen molar-refractivity contribution in [3.8, 4) is 5.88 Å². The summed E-state index contributed by atoms with van der Waals surface area (Å²) in [6, 6.07) is 22.1. The van der Waals surface area contributed by atoms with Crippen molar-refractivity contribution in [1.82, 2.24) is 19.6 Å². The first-order valence-electron chi connectivity index (χ1n) is 24.3. The summed E-state index contributed by atoms with van der Waals surface area (Å²) in [5.41, 5.74) is 4.69.